The molecular formula is C26H20O. The van der Waals surface area contributed by atoms with Gasteiger partial charge in [0.15, 0.2) is 5.78 Å². The molecule has 0 amide bonds. The minimum Gasteiger partial charge on any atom is -0.294 e. The van der Waals surface area contributed by atoms with Crippen LogP contribution < -0.4 is 0 Å². The Hall–Kier alpha value is -3.45. The van der Waals surface area contributed by atoms with Crippen molar-refractivity contribution >= 4 is 5.78 Å². The van der Waals surface area contributed by atoms with Gasteiger partial charge in [0.2, 0.25) is 0 Å². The van der Waals surface area contributed by atoms with Crippen LogP contribution in [0.25, 0.3) is 22.3 Å². The van der Waals surface area contributed by atoms with Gasteiger partial charge in [-0.25, -0.2) is 0 Å². The summed E-state index contributed by atoms with van der Waals surface area (Å²) in [5.41, 5.74) is 6.13. The molecule has 1 heteroatoms. The van der Waals surface area contributed by atoms with Gasteiger partial charge in [-0.15, -0.1) is 0 Å². The summed E-state index contributed by atoms with van der Waals surface area (Å²) in [4.78, 5) is 13.2. The number of Topliss-reactive ketones (excluding diaryl/α,β-unsaturated/α-hetero) is 1. The molecule has 27 heavy (non-hydrogen) atoms. The van der Waals surface area contributed by atoms with Crippen molar-refractivity contribution in [1.82, 2.24) is 0 Å². The van der Waals surface area contributed by atoms with Crippen molar-refractivity contribution in [1.29, 1.82) is 0 Å². The van der Waals surface area contributed by atoms with Crippen molar-refractivity contribution in [3.8, 4) is 22.3 Å². The van der Waals surface area contributed by atoms with Gasteiger partial charge < -0.3 is 0 Å². The van der Waals surface area contributed by atoms with E-state index in [1.807, 2.05) is 91.0 Å². The third-order valence-electron chi connectivity index (χ3n) is 4.77. The Balaban J connectivity index is 1.69. The Labute approximate surface area is 159 Å². The summed E-state index contributed by atoms with van der Waals surface area (Å²) in [6.07, 6.45) is 0.384. The van der Waals surface area contributed by atoms with E-state index in [2.05, 4.69) is 18.2 Å². The number of hydrogen-bond donors (Lipinski definition) is 0. The molecule has 0 aliphatic carbocycles. The minimum absolute atomic E-state index is 0.137. The van der Waals surface area contributed by atoms with Gasteiger partial charge in [-0.3, -0.25) is 4.79 Å². The SMILES string of the molecule is O=C(Cc1ccccc1-c1ccccc1)c1ccccc1-c1ccccc1. The number of carbonyl (C=O) groups excluding carboxylic acids is 1. The van der Waals surface area contributed by atoms with E-state index in [-0.39, 0.29) is 5.78 Å². The van der Waals surface area contributed by atoms with Crippen LogP contribution in [0.5, 0.6) is 0 Å². The summed E-state index contributed by atoms with van der Waals surface area (Å²) in [5, 5.41) is 0. The van der Waals surface area contributed by atoms with E-state index in [4.69, 9.17) is 0 Å². The smallest absolute Gasteiger partial charge is 0.167 e. The van der Waals surface area contributed by atoms with Crippen LogP contribution in [0.3, 0.4) is 0 Å². The van der Waals surface area contributed by atoms with Gasteiger partial charge in [-0.2, -0.15) is 0 Å². The highest BCUT2D eigenvalue weighted by Crippen LogP contribution is 2.28. The van der Waals surface area contributed by atoms with Crippen LogP contribution in [0.1, 0.15) is 15.9 Å². The fourth-order valence-corrected chi connectivity index (χ4v) is 3.44. The monoisotopic (exact) mass is 348 g/mol. The van der Waals surface area contributed by atoms with Crippen molar-refractivity contribution < 1.29 is 4.79 Å². The lowest BCUT2D eigenvalue weighted by atomic mass is 9.91. The number of ketones is 1. The average molecular weight is 348 g/mol. The molecule has 0 unspecified atom stereocenters. The zero-order valence-electron chi connectivity index (χ0n) is 15.0. The van der Waals surface area contributed by atoms with Crippen LogP contribution >= 0.6 is 0 Å². The van der Waals surface area contributed by atoms with Crippen LogP contribution in [0.15, 0.2) is 109 Å². The molecule has 4 aromatic rings. The Kier molecular flexibility index (Phi) is 4.93. The summed E-state index contributed by atoms with van der Waals surface area (Å²) >= 11 is 0. The molecule has 0 radical (unpaired) electrons. The van der Waals surface area contributed by atoms with Crippen molar-refractivity contribution in [3.63, 3.8) is 0 Å². The molecule has 4 aromatic carbocycles. The molecule has 0 saturated heterocycles. The van der Waals surface area contributed by atoms with Crippen LogP contribution in [-0.2, 0) is 6.42 Å². The quantitative estimate of drug-likeness (QED) is 0.379. The average Bonchev–Trinajstić information content (AvgIpc) is 2.75. The predicted octanol–water partition coefficient (Wildman–Crippen LogP) is 6.45. The highest BCUT2D eigenvalue weighted by Gasteiger charge is 2.15. The Bertz CT molecular complexity index is 1050. The summed E-state index contributed by atoms with van der Waals surface area (Å²) in [7, 11) is 0. The number of rotatable bonds is 5. The zero-order chi connectivity index (χ0) is 18.5. The van der Waals surface area contributed by atoms with E-state index >= 15 is 0 Å². The zero-order valence-corrected chi connectivity index (χ0v) is 15.0. The van der Waals surface area contributed by atoms with E-state index in [1.54, 1.807) is 0 Å². The van der Waals surface area contributed by atoms with E-state index in [0.717, 1.165) is 33.4 Å². The Morgan fingerprint density at radius 3 is 1.67 bits per heavy atom. The summed E-state index contributed by atoms with van der Waals surface area (Å²) in [5.74, 6) is 0.137. The highest BCUT2D eigenvalue weighted by molar-refractivity contribution is 6.04. The summed E-state index contributed by atoms with van der Waals surface area (Å²) < 4.78 is 0. The van der Waals surface area contributed by atoms with Crippen LogP contribution in [0, 0.1) is 0 Å². The van der Waals surface area contributed by atoms with Gasteiger partial charge in [0.25, 0.3) is 0 Å². The first-order valence-electron chi connectivity index (χ1n) is 9.14. The molecule has 0 heterocycles. The van der Waals surface area contributed by atoms with Crippen molar-refractivity contribution in [2.24, 2.45) is 0 Å². The van der Waals surface area contributed by atoms with Crippen molar-refractivity contribution in [2.45, 2.75) is 6.42 Å². The lowest BCUT2D eigenvalue weighted by molar-refractivity contribution is 0.0993. The van der Waals surface area contributed by atoms with Crippen molar-refractivity contribution in [3.05, 3.63) is 120 Å². The maximum Gasteiger partial charge on any atom is 0.167 e. The minimum atomic E-state index is 0.137. The molecule has 0 saturated carbocycles. The molecular weight excluding hydrogens is 328 g/mol. The maximum absolute atomic E-state index is 13.2. The van der Waals surface area contributed by atoms with Crippen LogP contribution in [-0.4, -0.2) is 5.78 Å². The van der Waals surface area contributed by atoms with Gasteiger partial charge in [0, 0.05) is 12.0 Å². The molecule has 0 bridgehead atoms. The van der Waals surface area contributed by atoms with Gasteiger partial charge in [0.05, 0.1) is 0 Å². The molecule has 0 spiro atoms. The van der Waals surface area contributed by atoms with E-state index in [9.17, 15) is 4.79 Å². The lowest BCUT2D eigenvalue weighted by Crippen LogP contribution is -2.06. The molecule has 0 atom stereocenters. The topological polar surface area (TPSA) is 17.1 Å². The molecule has 0 fully saturated rings. The van der Waals surface area contributed by atoms with Gasteiger partial charge in [-0.1, -0.05) is 109 Å². The van der Waals surface area contributed by atoms with E-state index in [1.165, 1.54) is 0 Å². The number of benzene rings is 4. The standard InChI is InChI=1S/C26H20O/c27-26(25-18-10-9-17-24(25)21-13-5-2-6-14-21)19-22-15-7-8-16-23(22)20-11-3-1-4-12-20/h1-18H,19H2. The fraction of sp³-hybridized carbons (Fsp3) is 0.0385. The Morgan fingerprint density at radius 1 is 0.519 bits per heavy atom. The third kappa shape index (κ3) is 3.73. The van der Waals surface area contributed by atoms with Gasteiger partial charge >= 0.3 is 0 Å². The fourth-order valence-electron chi connectivity index (χ4n) is 3.44. The van der Waals surface area contributed by atoms with E-state index < -0.39 is 0 Å². The van der Waals surface area contributed by atoms with Crippen molar-refractivity contribution in [2.75, 3.05) is 0 Å². The largest absolute Gasteiger partial charge is 0.294 e. The predicted molar refractivity (Wildman–Crippen MR) is 112 cm³/mol. The molecule has 0 aromatic heterocycles. The molecule has 1 nitrogen and oxygen atoms in total. The van der Waals surface area contributed by atoms with E-state index in [0.29, 0.717) is 6.42 Å². The lowest BCUT2D eigenvalue weighted by Gasteiger charge is -2.12. The second kappa shape index (κ2) is 7.84. The normalized spacial score (nSPS) is 10.5. The second-order valence-electron chi connectivity index (χ2n) is 6.53. The number of carbonyl (C=O) groups is 1. The highest BCUT2D eigenvalue weighted by atomic mass is 16.1. The molecule has 0 aliphatic heterocycles. The molecule has 130 valence electrons. The maximum atomic E-state index is 13.2. The summed E-state index contributed by atoms with van der Waals surface area (Å²) in [6.45, 7) is 0. The van der Waals surface area contributed by atoms with Crippen LogP contribution in [0.4, 0.5) is 0 Å². The first-order chi connectivity index (χ1) is 13.3. The van der Waals surface area contributed by atoms with Gasteiger partial charge in [-0.05, 0) is 27.8 Å². The second-order valence-corrected chi connectivity index (χ2v) is 6.53. The first kappa shape index (κ1) is 17.0. The third-order valence-corrected chi connectivity index (χ3v) is 4.77. The van der Waals surface area contributed by atoms with Gasteiger partial charge in [0.1, 0.15) is 0 Å². The molecule has 0 N–H and O–H groups in total. The molecule has 4 rings (SSSR count). The van der Waals surface area contributed by atoms with Crippen LogP contribution in [0.2, 0.25) is 0 Å². The summed E-state index contributed by atoms with van der Waals surface area (Å²) in [6, 6.07) is 36.3. The number of hydrogen-bond acceptors (Lipinski definition) is 1. The Morgan fingerprint density at radius 2 is 1.00 bits per heavy atom. The first-order valence-corrected chi connectivity index (χ1v) is 9.14. The molecule has 0 aliphatic rings.